The van der Waals surface area contributed by atoms with Crippen LogP contribution in [0.4, 0.5) is 11.4 Å². The zero-order valence-electron chi connectivity index (χ0n) is 38.9. The molecule has 0 aliphatic carbocycles. The van der Waals surface area contributed by atoms with Crippen molar-refractivity contribution in [3.8, 4) is 5.69 Å². The number of anilines is 2. The fourth-order valence-electron chi connectivity index (χ4n) is 9.44. The molecule has 0 fully saturated rings. The van der Waals surface area contributed by atoms with E-state index in [2.05, 4.69) is 231 Å². The lowest BCUT2D eigenvalue weighted by atomic mass is 10.0. The molecule has 1 aromatic heterocycles. The van der Waals surface area contributed by atoms with Crippen LogP contribution >= 0.6 is 0 Å². The maximum Gasteiger partial charge on any atom is 0.179 e. The summed E-state index contributed by atoms with van der Waals surface area (Å²) in [5, 5.41) is 6.05. The molecule has 0 radical (unpaired) electrons. The van der Waals surface area contributed by atoms with Gasteiger partial charge in [0.2, 0.25) is 0 Å². The smallest absolute Gasteiger partial charge is 0.179 e. The molecule has 3 aromatic carbocycles. The fraction of sp³-hybridized carbons (Fsp3) is 0.207. The van der Waals surface area contributed by atoms with Gasteiger partial charge in [-0.1, -0.05) is 140 Å². The third kappa shape index (κ3) is 7.84. The molecule has 316 valence electrons. The van der Waals surface area contributed by atoms with E-state index >= 15 is 0 Å². The average Bonchev–Trinajstić information content (AvgIpc) is 3.60. The SMILES string of the molecule is C=CC(=C)[Si]1(C(C)=CC=CCC)C(C=C(C)N2C(=C)C=CC=CCC(C)=C2C=CC)=C(C)N(c2ccc(C)cc2)c2c1cc(-n1c(C=C)c(C=CC)c3ccccc31)c(C)c2C. The van der Waals surface area contributed by atoms with Crippen molar-refractivity contribution in [1.29, 1.82) is 0 Å². The standard InChI is InChI=1S/C58H65N3Si/c1-15-20-22-31-45(11)62(44(10)18-4)56(38-43(9)59-42(8)30-24-21-23-29-41(7)53(59)28-17-3)48(14)60(49-36-34-40(6)35-37-49)58-47(13)46(12)55(39-57(58)62)61-52(19-5)50(27-16-2)51-32-25-26-33-54(51)61/h16-28,30-39H,4-5,8,10,15,29H2,1-3,6-7,9,11-14H3. The topological polar surface area (TPSA) is 11.4 Å². The molecular weight excluding hydrogens is 767 g/mol. The highest BCUT2D eigenvalue weighted by Gasteiger charge is 2.50. The summed E-state index contributed by atoms with van der Waals surface area (Å²) in [5.41, 5.74) is 16.0. The third-order valence-corrected chi connectivity index (χ3v) is 17.6. The minimum Gasteiger partial charge on any atom is -0.315 e. The van der Waals surface area contributed by atoms with Crippen LogP contribution in [0.3, 0.4) is 0 Å². The second-order valence-corrected chi connectivity index (χ2v) is 20.5. The van der Waals surface area contributed by atoms with E-state index in [1.165, 1.54) is 54.6 Å². The number of aryl methyl sites for hydroxylation is 1. The van der Waals surface area contributed by atoms with E-state index in [1.807, 2.05) is 12.2 Å². The first-order chi connectivity index (χ1) is 29.8. The summed E-state index contributed by atoms with van der Waals surface area (Å²) in [7, 11) is -3.21. The molecule has 6 rings (SSSR count). The summed E-state index contributed by atoms with van der Waals surface area (Å²) in [6, 6.07) is 20.2. The summed E-state index contributed by atoms with van der Waals surface area (Å²) >= 11 is 0. The minimum atomic E-state index is -3.21. The van der Waals surface area contributed by atoms with Gasteiger partial charge in [-0.2, -0.15) is 0 Å². The molecule has 4 aromatic rings. The van der Waals surface area contributed by atoms with Gasteiger partial charge < -0.3 is 14.4 Å². The monoisotopic (exact) mass is 831 g/mol. The molecule has 0 bridgehead atoms. The molecule has 1 unspecified atom stereocenters. The molecule has 0 amide bonds. The van der Waals surface area contributed by atoms with Gasteiger partial charge in [0.1, 0.15) is 0 Å². The number of benzene rings is 3. The Hall–Kier alpha value is -6.36. The van der Waals surface area contributed by atoms with Crippen molar-refractivity contribution in [1.82, 2.24) is 9.47 Å². The lowest BCUT2D eigenvalue weighted by Gasteiger charge is -2.47. The number of hydrogen-bond acceptors (Lipinski definition) is 2. The van der Waals surface area contributed by atoms with Crippen LogP contribution in [-0.2, 0) is 0 Å². The lowest BCUT2D eigenvalue weighted by Crippen LogP contribution is -2.58. The molecule has 1 atom stereocenters. The van der Waals surface area contributed by atoms with E-state index in [1.54, 1.807) is 0 Å². The number of hydrogen-bond donors (Lipinski definition) is 0. The van der Waals surface area contributed by atoms with Crippen molar-refractivity contribution < 1.29 is 0 Å². The van der Waals surface area contributed by atoms with Gasteiger partial charge in [-0.15, -0.1) is 0 Å². The molecule has 0 spiro atoms. The first-order valence-corrected chi connectivity index (χ1v) is 23.9. The van der Waals surface area contributed by atoms with Crippen molar-refractivity contribution in [2.24, 2.45) is 0 Å². The first-order valence-electron chi connectivity index (χ1n) is 21.9. The lowest BCUT2D eigenvalue weighted by molar-refractivity contribution is 0.554. The van der Waals surface area contributed by atoms with Crippen molar-refractivity contribution in [2.75, 3.05) is 4.90 Å². The number of para-hydroxylation sites is 1. The first kappa shape index (κ1) is 45.2. The normalized spacial score (nSPS) is 17.8. The molecule has 3 heterocycles. The molecule has 0 saturated heterocycles. The quantitative estimate of drug-likeness (QED) is 0.104. The number of nitrogens with zero attached hydrogens (tertiary/aromatic N) is 3. The van der Waals surface area contributed by atoms with Gasteiger partial charge in [-0.05, 0) is 151 Å². The van der Waals surface area contributed by atoms with Gasteiger partial charge >= 0.3 is 0 Å². The number of allylic oxidation sites excluding steroid dienone is 18. The Bertz CT molecular complexity index is 2740. The van der Waals surface area contributed by atoms with Crippen molar-refractivity contribution in [2.45, 2.75) is 82.1 Å². The Balaban J connectivity index is 1.86. The summed E-state index contributed by atoms with van der Waals surface area (Å²) in [6.45, 7) is 40.7. The minimum absolute atomic E-state index is 0.840. The van der Waals surface area contributed by atoms with Gasteiger partial charge in [-0.3, -0.25) is 0 Å². The summed E-state index contributed by atoms with van der Waals surface area (Å²) in [5.74, 6) is 0. The van der Waals surface area contributed by atoms with Crippen LogP contribution in [0.15, 0.2) is 198 Å². The Morgan fingerprint density at radius 2 is 1.60 bits per heavy atom. The molecule has 2 aliphatic rings. The van der Waals surface area contributed by atoms with Crippen molar-refractivity contribution in [3.63, 3.8) is 0 Å². The molecule has 3 nitrogen and oxygen atoms in total. The highest BCUT2D eigenvalue weighted by atomic mass is 28.3. The van der Waals surface area contributed by atoms with Crippen LogP contribution in [-0.4, -0.2) is 17.5 Å². The number of aromatic nitrogens is 1. The summed E-state index contributed by atoms with van der Waals surface area (Å²) in [6.07, 6.45) is 32.3. The Labute approximate surface area is 373 Å². The maximum atomic E-state index is 5.00. The molecule has 62 heavy (non-hydrogen) atoms. The second-order valence-electron chi connectivity index (χ2n) is 16.5. The molecular formula is C58H65N3Si. The van der Waals surface area contributed by atoms with Gasteiger partial charge in [-0.25, -0.2) is 0 Å². The number of fused-ring (bicyclic) bond motifs is 2. The molecule has 0 N–H and O–H groups in total. The van der Waals surface area contributed by atoms with Crippen molar-refractivity contribution in [3.05, 3.63) is 226 Å². The van der Waals surface area contributed by atoms with Gasteiger partial charge in [0.05, 0.1) is 11.2 Å². The van der Waals surface area contributed by atoms with E-state index in [0.29, 0.717) is 0 Å². The molecule has 0 saturated carbocycles. The van der Waals surface area contributed by atoms with Crippen LogP contribution in [0.25, 0.3) is 28.7 Å². The van der Waals surface area contributed by atoms with Crippen LogP contribution in [0.2, 0.25) is 0 Å². The summed E-state index contributed by atoms with van der Waals surface area (Å²) in [4.78, 5) is 4.84. The number of rotatable bonds is 12. The summed E-state index contributed by atoms with van der Waals surface area (Å²) < 4.78 is 2.43. The van der Waals surface area contributed by atoms with E-state index in [4.69, 9.17) is 6.58 Å². The van der Waals surface area contributed by atoms with Crippen LogP contribution < -0.4 is 10.1 Å². The van der Waals surface area contributed by atoms with Crippen LogP contribution in [0, 0.1) is 20.8 Å². The van der Waals surface area contributed by atoms with E-state index < -0.39 is 8.07 Å². The van der Waals surface area contributed by atoms with Crippen molar-refractivity contribution >= 4 is 47.7 Å². The van der Waals surface area contributed by atoms with Gasteiger partial charge in [0, 0.05) is 50.8 Å². The maximum absolute atomic E-state index is 5.00. The largest absolute Gasteiger partial charge is 0.315 e. The van der Waals surface area contributed by atoms with Gasteiger partial charge in [0.15, 0.2) is 8.07 Å². The predicted octanol–water partition coefficient (Wildman–Crippen LogP) is 15.7. The van der Waals surface area contributed by atoms with E-state index in [-0.39, 0.29) is 0 Å². The third-order valence-electron chi connectivity index (χ3n) is 12.6. The predicted molar refractivity (Wildman–Crippen MR) is 277 cm³/mol. The zero-order chi connectivity index (χ0) is 44.9. The highest BCUT2D eigenvalue weighted by Crippen LogP contribution is 2.48. The Kier molecular flexibility index (Phi) is 13.9. The van der Waals surface area contributed by atoms with E-state index in [0.717, 1.165) is 63.3 Å². The Morgan fingerprint density at radius 3 is 2.26 bits per heavy atom. The Morgan fingerprint density at radius 1 is 0.887 bits per heavy atom. The highest BCUT2D eigenvalue weighted by molar-refractivity contribution is 7.10. The molecule has 2 aliphatic heterocycles. The zero-order valence-corrected chi connectivity index (χ0v) is 39.9. The van der Waals surface area contributed by atoms with Gasteiger partial charge in [0.25, 0.3) is 0 Å². The van der Waals surface area contributed by atoms with Crippen LogP contribution in [0.1, 0.15) is 89.3 Å². The molecule has 4 heteroatoms. The average molecular weight is 832 g/mol. The van der Waals surface area contributed by atoms with E-state index in [9.17, 15) is 0 Å². The fourth-order valence-corrected chi connectivity index (χ4v) is 14.5. The second kappa shape index (κ2) is 19.1. The van der Waals surface area contributed by atoms with Crippen LogP contribution in [0.5, 0.6) is 0 Å².